The first kappa shape index (κ1) is 7.75. The maximum atomic E-state index is 9.38. The van der Waals surface area contributed by atoms with Crippen molar-refractivity contribution in [3.05, 3.63) is 0 Å². The van der Waals surface area contributed by atoms with Crippen molar-refractivity contribution in [1.82, 2.24) is 0 Å². The molecule has 0 aromatic heterocycles. The van der Waals surface area contributed by atoms with Crippen LogP contribution in [0.3, 0.4) is 0 Å². The fraction of sp³-hybridized carbons (Fsp3) is 0. The predicted octanol–water partition coefficient (Wildman–Crippen LogP) is 1.12. The molecule has 0 saturated heterocycles. The van der Waals surface area contributed by atoms with E-state index in [1.807, 2.05) is 0 Å². The van der Waals surface area contributed by atoms with Crippen molar-refractivity contribution in [2.75, 3.05) is 0 Å². The molecule has 0 aliphatic heterocycles. The van der Waals surface area contributed by atoms with Crippen molar-refractivity contribution in [2.24, 2.45) is 0 Å². The molecular formula is BCl3O2Si. The van der Waals surface area contributed by atoms with Crippen molar-refractivity contribution in [2.45, 2.75) is 0 Å². The summed E-state index contributed by atoms with van der Waals surface area (Å²) in [6, 6.07) is 0. The van der Waals surface area contributed by atoms with E-state index >= 15 is 0 Å². The van der Waals surface area contributed by atoms with Crippen LogP contribution < -0.4 is 0 Å². The summed E-state index contributed by atoms with van der Waals surface area (Å²) in [6.45, 7) is 0. The molecule has 0 spiro atoms. The molecule has 2 nitrogen and oxygen atoms in total. The van der Waals surface area contributed by atoms with Crippen molar-refractivity contribution in [3.63, 3.8) is 0 Å². The van der Waals surface area contributed by atoms with E-state index in [2.05, 4.69) is 4.34 Å². The summed E-state index contributed by atoms with van der Waals surface area (Å²) in [5.74, 6) is 0. The Bertz CT molecular complexity index is 67.8. The normalized spacial score (nSPS) is 10.1. The Balaban J connectivity index is 3.34. The van der Waals surface area contributed by atoms with E-state index in [1.54, 1.807) is 0 Å². The van der Waals surface area contributed by atoms with Gasteiger partial charge in [-0.1, -0.05) is 0 Å². The van der Waals surface area contributed by atoms with Gasteiger partial charge in [-0.15, -0.1) is 0 Å². The van der Waals surface area contributed by atoms with E-state index in [9.17, 15) is 4.70 Å². The molecule has 0 aromatic rings. The van der Waals surface area contributed by atoms with Crippen LogP contribution in [-0.2, 0) is 9.05 Å². The average molecular weight is 177 g/mol. The van der Waals surface area contributed by atoms with Crippen LogP contribution in [0.1, 0.15) is 0 Å². The summed E-state index contributed by atoms with van der Waals surface area (Å²) in [5.41, 5.74) is 0. The van der Waals surface area contributed by atoms with E-state index in [0.717, 1.165) is 0 Å². The molecule has 7 heavy (non-hydrogen) atoms. The van der Waals surface area contributed by atoms with E-state index < -0.39 is 6.25 Å². The Hall–Kier alpha value is 0.752. The van der Waals surface area contributed by atoms with Crippen LogP contribution in [0, 0.1) is 0 Å². The van der Waals surface area contributed by atoms with Crippen LogP contribution in [0.25, 0.3) is 0 Å². The Morgan fingerprint density at radius 3 is 1.86 bits per heavy atom. The average Bonchev–Trinajstić information content (AvgIpc) is 1.30. The Labute approximate surface area is 56.2 Å². The zero-order valence-electron chi connectivity index (χ0n) is 3.03. The number of halogens is 3. The van der Waals surface area contributed by atoms with Gasteiger partial charge in [-0.2, -0.15) is 0 Å². The van der Waals surface area contributed by atoms with Crippen molar-refractivity contribution < 1.29 is 9.05 Å². The topological polar surface area (TPSA) is 26.3 Å². The fourth-order valence-corrected chi connectivity index (χ4v) is 0.491. The van der Waals surface area contributed by atoms with Crippen LogP contribution in [0.4, 0.5) is 0 Å². The monoisotopic (exact) mass is 176 g/mol. The summed E-state index contributed by atoms with van der Waals surface area (Å²) < 4.78 is 13.4. The SMILES string of the molecule is O=BO[Si](Cl)(Cl)Cl. The summed E-state index contributed by atoms with van der Waals surface area (Å²) in [5, 5.41) is 0. The first-order valence-corrected chi connectivity index (χ1v) is 6.19. The van der Waals surface area contributed by atoms with Gasteiger partial charge in [-0.3, -0.25) is 0 Å². The van der Waals surface area contributed by atoms with Gasteiger partial charge in [0.05, 0.1) is 0 Å². The molecule has 0 heterocycles. The molecule has 0 aliphatic carbocycles. The van der Waals surface area contributed by atoms with Crippen molar-refractivity contribution in [3.8, 4) is 0 Å². The van der Waals surface area contributed by atoms with Gasteiger partial charge in [0.25, 0.3) is 0 Å². The van der Waals surface area contributed by atoms with Gasteiger partial charge in [0.2, 0.25) is 0 Å². The van der Waals surface area contributed by atoms with E-state index in [1.165, 1.54) is 0 Å². The van der Waals surface area contributed by atoms with Gasteiger partial charge < -0.3 is 0 Å². The zero-order chi connectivity index (χ0) is 5.91. The quantitative estimate of drug-likeness (QED) is 0.466. The Kier molecular flexibility index (Phi) is 3.23. The summed E-state index contributed by atoms with van der Waals surface area (Å²) in [4.78, 5) is 0. The van der Waals surface area contributed by atoms with Gasteiger partial charge >= 0.3 is 55.9 Å². The zero-order valence-corrected chi connectivity index (χ0v) is 6.30. The molecule has 40 valence electrons. The van der Waals surface area contributed by atoms with Crippen LogP contribution in [0.5, 0.6) is 0 Å². The molecule has 0 rings (SSSR count). The van der Waals surface area contributed by atoms with Crippen LogP contribution in [-0.4, -0.2) is 13.6 Å². The molecule has 0 bridgehead atoms. The summed E-state index contributed by atoms with van der Waals surface area (Å²) in [7, 11) is 0.124. The number of hydrogen-bond acceptors (Lipinski definition) is 2. The van der Waals surface area contributed by atoms with Gasteiger partial charge in [0.1, 0.15) is 0 Å². The van der Waals surface area contributed by atoms with E-state index in [0.29, 0.717) is 0 Å². The van der Waals surface area contributed by atoms with Crippen LogP contribution in [0.15, 0.2) is 0 Å². The number of rotatable bonds is 2. The Morgan fingerprint density at radius 1 is 1.43 bits per heavy atom. The van der Waals surface area contributed by atoms with E-state index in [4.69, 9.17) is 33.2 Å². The summed E-state index contributed by atoms with van der Waals surface area (Å²) >= 11 is 15.1. The molecule has 0 aliphatic rings. The molecule has 0 unspecified atom stereocenters. The predicted molar refractivity (Wildman–Crippen MR) is 30.8 cm³/mol. The third-order valence-corrected chi connectivity index (χ3v) is 1.35. The van der Waals surface area contributed by atoms with Crippen LogP contribution >= 0.6 is 33.2 Å². The molecule has 0 aromatic carbocycles. The standard InChI is InChI=1S/BCl3O2Si/c2-7(3,4)6-1-5. The molecule has 0 fully saturated rings. The van der Waals surface area contributed by atoms with Crippen LogP contribution in [0.2, 0.25) is 0 Å². The first-order chi connectivity index (χ1) is 3.06. The molecule has 7 heteroatoms. The van der Waals surface area contributed by atoms with Crippen molar-refractivity contribution >= 4 is 46.8 Å². The minimum absolute atomic E-state index is 0.124. The maximum absolute atomic E-state index is 9.38. The van der Waals surface area contributed by atoms with Gasteiger partial charge in [0.15, 0.2) is 0 Å². The van der Waals surface area contributed by atoms with Gasteiger partial charge in [0, 0.05) is 0 Å². The second-order valence-corrected chi connectivity index (χ2v) is 8.32. The Morgan fingerprint density at radius 2 is 1.86 bits per heavy atom. The minimum atomic E-state index is -3.11. The first-order valence-electron chi connectivity index (χ1n) is 1.24. The van der Waals surface area contributed by atoms with Gasteiger partial charge in [-0.25, -0.2) is 0 Å². The van der Waals surface area contributed by atoms with Gasteiger partial charge in [-0.05, 0) is 0 Å². The molecule has 0 atom stereocenters. The molecule has 0 amide bonds. The third-order valence-electron chi connectivity index (χ3n) is 0.182. The molecular weight excluding hydrogens is 177 g/mol. The number of hydrogen-bond donors (Lipinski definition) is 0. The van der Waals surface area contributed by atoms with Crippen molar-refractivity contribution in [1.29, 1.82) is 0 Å². The third kappa shape index (κ3) is 6.75. The molecule has 0 N–H and O–H groups in total. The second-order valence-electron chi connectivity index (χ2n) is 0.660. The fourth-order valence-electron chi connectivity index (χ4n) is 0.0546. The summed E-state index contributed by atoms with van der Waals surface area (Å²) in [6.07, 6.45) is -3.11. The molecule has 0 radical (unpaired) electrons. The second kappa shape index (κ2) is 2.92. The molecule has 0 saturated carbocycles. The van der Waals surface area contributed by atoms with E-state index in [-0.39, 0.29) is 7.35 Å².